The molecule has 0 atom stereocenters. The van der Waals surface area contributed by atoms with Crippen molar-refractivity contribution < 1.29 is 13.2 Å². The van der Waals surface area contributed by atoms with Gasteiger partial charge in [-0.05, 0) is 31.7 Å². The van der Waals surface area contributed by atoms with Crippen LogP contribution in [0.4, 0.5) is 13.2 Å². The summed E-state index contributed by atoms with van der Waals surface area (Å²) in [5, 5.41) is 1.27. The largest absolute Gasteiger partial charge is 0.434 e. The molecule has 0 radical (unpaired) electrons. The number of fused-ring (bicyclic) bond motifs is 3. The van der Waals surface area contributed by atoms with Crippen molar-refractivity contribution in [2.75, 3.05) is 13.6 Å². The highest BCUT2D eigenvalue weighted by Gasteiger charge is 2.32. The summed E-state index contributed by atoms with van der Waals surface area (Å²) >= 11 is 0. The molecule has 0 fully saturated rings. The van der Waals surface area contributed by atoms with Gasteiger partial charge in [-0.25, -0.2) is 4.98 Å². The summed E-state index contributed by atoms with van der Waals surface area (Å²) in [4.78, 5) is 9.79. The Bertz CT molecular complexity index is 974. The third kappa shape index (κ3) is 3.43. The summed E-state index contributed by atoms with van der Waals surface area (Å²) in [5.41, 5.74) is 4.71. The predicted molar refractivity (Wildman–Crippen MR) is 97.5 cm³/mol. The van der Waals surface area contributed by atoms with Crippen molar-refractivity contribution in [1.29, 1.82) is 0 Å². The number of likely N-dealkylation sites (N-methyl/N-ethyl adjacent to an activating group) is 1. The minimum Gasteiger partial charge on any atom is -0.344 e. The van der Waals surface area contributed by atoms with Gasteiger partial charge in [-0.1, -0.05) is 11.6 Å². The fraction of sp³-hybridized carbons (Fsp3) is 0.400. The summed E-state index contributed by atoms with van der Waals surface area (Å²) in [6.07, 6.45) is -0.885. The van der Waals surface area contributed by atoms with E-state index in [9.17, 15) is 13.2 Å². The molecular formula is C20H21F3N4. The number of aromatic nitrogens is 3. The van der Waals surface area contributed by atoms with Crippen LogP contribution in [-0.4, -0.2) is 33.0 Å². The van der Waals surface area contributed by atoms with Crippen molar-refractivity contribution in [3.8, 4) is 0 Å². The second-order valence-corrected chi connectivity index (χ2v) is 7.23. The van der Waals surface area contributed by atoms with Crippen molar-refractivity contribution in [3.05, 3.63) is 58.8 Å². The molecule has 0 spiro atoms. The highest BCUT2D eigenvalue weighted by molar-refractivity contribution is 5.86. The fourth-order valence-electron chi connectivity index (χ4n) is 3.81. The second-order valence-electron chi connectivity index (χ2n) is 7.23. The molecule has 142 valence electrons. The molecule has 2 aromatic heterocycles. The lowest BCUT2D eigenvalue weighted by molar-refractivity contribution is -0.141. The van der Waals surface area contributed by atoms with Crippen LogP contribution in [0.25, 0.3) is 10.9 Å². The quantitative estimate of drug-likeness (QED) is 0.695. The highest BCUT2D eigenvalue weighted by atomic mass is 19.4. The zero-order valence-electron chi connectivity index (χ0n) is 15.3. The molecule has 0 aliphatic carbocycles. The predicted octanol–water partition coefficient (Wildman–Crippen LogP) is 3.99. The van der Waals surface area contributed by atoms with Crippen molar-refractivity contribution in [2.24, 2.45) is 0 Å². The van der Waals surface area contributed by atoms with Crippen molar-refractivity contribution in [1.82, 2.24) is 19.4 Å². The van der Waals surface area contributed by atoms with Gasteiger partial charge in [0.15, 0.2) is 5.69 Å². The summed E-state index contributed by atoms with van der Waals surface area (Å²) in [6, 6.07) is 6.47. The Morgan fingerprint density at radius 3 is 2.67 bits per heavy atom. The summed E-state index contributed by atoms with van der Waals surface area (Å²) in [7, 11) is 2.12. The smallest absolute Gasteiger partial charge is 0.344 e. The Morgan fingerprint density at radius 1 is 1.15 bits per heavy atom. The Hall–Kier alpha value is -2.41. The van der Waals surface area contributed by atoms with Gasteiger partial charge in [0.1, 0.15) is 0 Å². The average molecular weight is 374 g/mol. The van der Waals surface area contributed by atoms with Crippen LogP contribution in [0.5, 0.6) is 0 Å². The third-order valence-electron chi connectivity index (χ3n) is 5.19. The third-order valence-corrected chi connectivity index (χ3v) is 5.19. The maximum Gasteiger partial charge on any atom is 0.434 e. The van der Waals surface area contributed by atoms with Gasteiger partial charge in [-0.2, -0.15) is 13.2 Å². The normalized spacial score (nSPS) is 15.3. The van der Waals surface area contributed by atoms with E-state index in [0.29, 0.717) is 18.7 Å². The molecule has 0 bridgehead atoms. The van der Waals surface area contributed by atoms with Gasteiger partial charge in [0.25, 0.3) is 0 Å². The maximum atomic E-state index is 12.6. The summed E-state index contributed by atoms with van der Waals surface area (Å²) < 4.78 is 40.2. The molecule has 0 saturated carbocycles. The Morgan fingerprint density at radius 2 is 1.96 bits per heavy atom. The highest BCUT2D eigenvalue weighted by Crippen LogP contribution is 2.31. The fourth-order valence-corrected chi connectivity index (χ4v) is 3.81. The van der Waals surface area contributed by atoms with Crippen molar-refractivity contribution >= 4 is 10.9 Å². The molecule has 4 rings (SSSR count). The van der Waals surface area contributed by atoms with E-state index in [-0.39, 0.29) is 0 Å². The van der Waals surface area contributed by atoms with Crippen LogP contribution in [-0.2, 0) is 32.1 Å². The Balaban J connectivity index is 1.64. The zero-order chi connectivity index (χ0) is 19.2. The molecule has 1 aromatic carbocycles. The van der Waals surface area contributed by atoms with Crippen LogP contribution in [0.3, 0.4) is 0 Å². The minimum atomic E-state index is -4.45. The number of halogens is 3. The molecule has 7 heteroatoms. The average Bonchev–Trinajstić information content (AvgIpc) is 2.92. The molecule has 27 heavy (non-hydrogen) atoms. The van der Waals surface area contributed by atoms with Crippen LogP contribution < -0.4 is 0 Å². The number of aryl methyl sites for hydroxylation is 3. The van der Waals surface area contributed by atoms with Gasteiger partial charge in [0, 0.05) is 55.3 Å². The number of rotatable bonds is 3. The zero-order valence-corrected chi connectivity index (χ0v) is 15.3. The van der Waals surface area contributed by atoms with E-state index in [4.69, 9.17) is 0 Å². The van der Waals surface area contributed by atoms with E-state index in [1.807, 2.05) is 0 Å². The number of alkyl halides is 3. The van der Waals surface area contributed by atoms with Gasteiger partial charge in [-0.15, -0.1) is 0 Å². The van der Waals surface area contributed by atoms with E-state index in [1.165, 1.54) is 33.9 Å². The van der Waals surface area contributed by atoms with Gasteiger partial charge in [0.05, 0.1) is 11.9 Å². The van der Waals surface area contributed by atoms with E-state index in [2.05, 4.69) is 51.6 Å². The van der Waals surface area contributed by atoms with E-state index in [1.54, 1.807) is 0 Å². The van der Waals surface area contributed by atoms with Crippen molar-refractivity contribution in [2.45, 2.75) is 39.0 Å². The minimum absolute atomic E-state index is 0.547. The molecular weight excluding hydrogens is 353 g/mol. The van der Waals surface area contributed by atoms with Gasteiger partial charge in [-0.3, -0.25) is 4.98 Å². The van der Waals surface area contributed by atoms with Gasteiger partial charge >= 0.3 is 6.18 Å². The van der Waals surface area contributed by atoms with E-state index < -0.39 is 11.9 Å². The van der Waals surface area contributed by atoms with Crippen LogP contribution in [0, 0.1) is 6.92 Å². The number of hydrogen-bond donors (Lipinski definition) is 0. The van der Waals surface area contributed by atoms with Crippen LogP contribution in [0.15, 0.2) is 30.6 Å². The lowest BCUT2D eigenvalue weighted by Gasteiger charge is -2.24. The molecule has 4 nitrogen and oxygen atoms in total. The SMILES string of the molecule is Cc1ccc2c(c1)c1c(n2CCc2cnc(C(F)(F)F)cn2)CCN(C)C1. The summed E-state index contributed by atoms with van der Waals surface area (Å²) in [6.45, 7) is 4.69. The van der Waals surface area contributed by atoms with E-state index >= 15 is 0 Å². The molecule has 1 aliphatic heterocycles. The standard InChI is InChI=1S/C20H21F3N4/c1-13-3-4-17-15(9-13)16-12-26(2)7-6-18(16)27(17)8-5-14-10-25-19(11-24-14)20(21,22)23/h3-4,9-11H,5-8,12H2,1-2H3. The molecule has 3 heterocycles. The number of nitrogens with zero attached hydrogens (tertiary/aromatic N) is 4. The monoisotopic (exact) mass is 374 g/mol. The molecule has 0 amide bonds. The first kappa shape index (κ1) is 18.0. The van der Waals surface area contributed by atoms with E-state index in [0.717, 1.165) is 25.7 Å². The second kappa shape index (κ2) is 6.64. The lowest BCUT2D eigenvalue weighted by atomic mass is 10.0. The Labute approximate surface area is 155 Å². The van der Waals surface area contributed by atoms with Gasteiger partial charge in [0.2, 0.25) is 0 Å². The first-order valence-electron chi connectivity index (χ1n) is 9.00. The van der Waals surface area contributed by atoms with Crippen LogP contribution >= 0.6 is 0 Å². The van der Waals surface area contributed by atoms with Gasteiger partial charge < -0.3 is 9.47 Å². The molecule has 0 N–H and O–H groups in total. The number of hydrogen-bond acceptors (Lipinski definition) is 3. The Kier molecular flexibility index (Phi) is 4.42. The van der Waals surface area contributed by atoms with Crippen molar-refractivity contribution in [3.63, 3.8) is 0 Å². The van der Waals surface area contributed by atoms with Crippen LogP contribution in [0.1, 0.15) is 28.2 Å². The first-order chi connectivity index (χ1) is 12.8. The molecule has 0 unspecified atom stereocenters. The topological polar surface area (TPSA) is 34.0 Å². The lowest BCUT2D eigenvalue weighted by Crippen LogP contribution is -2.27. The molecule has 3 aromatic rings. The summed E-state index contributed by atoms with van der Waals surface area (Å²) in [5.74, 6) is 0. The first-order valence-corrected chi connectivity index (χ1v) is 9.00. The van der Waals surface area contributed by atoms with Crippen LogP contribution in [0.2, 0.25) is 0 Å². The maximum absolute atomic E-state index is 12.6. The molecule has 1 aliphatic rings. The molecule has 0 saturated heterocycles. The number of benzene rings is 1.